The van der Waals surface area contributed by atoms with Crippen molar-refractivity contribution in [3.8, 4) is 0 Å². The zero-order valence-electron chi connectivity index (χ0n) is 11.7. The molecule has 0 amide bonds. The molecular weight excluding hydrogens is 321 g/mol. The van der Waals surface area contributed by atoms with Crippen molar-refractivity contribution in [1.29, 1.82) is 0 Å². The van der Waals surface area contributed by atoms with Gasteiger partial charge in [0.1, 0.15) is 22.1 Å². The molecule has 0 atom stereocenters. The summed E-state index contributed by atoms with van der Waals surface area (Å²) in [6.45, 7) is 6.70. The van der Waals surface area contributed by atoms with Crippen LogP contribution in [0.4, 0.5) is 10.2 Å². The minimum absolute atomic E-state index is 0.126. The number of aromatic nitrogens is 2. The number of benzene rings is 1. The number of halogens is 2. The number of nitrogens with one attached hydrogen (secondary N) is 1. The van der Waals surface area contributed by atoms with Crippen molar-refractivity contribution in [3.63, 3.8) is 0 Å². The quantitative estimate of drug-likeness (QED) is 0.849. The molecule has 0 aliphatic carbocycles. The molecule has 1 heterocycles. The largest absolute Gasteiger partial charge is 0.366 e. The first-order valence-electron chi connectivity index (χ1n) is 6.38. The lowest BCUT2D eigenvalue weighted by atomic mass is 9.96. The third kappa shape index (κ3) is 4.00. The second kappa shape index (κ2) is 5.87. The molecule has 5 heteroatoms. The first-order chi connectivity index (χ1) is 9.34. The van der Waals surface area contributed by atoms with Gasteiger partial charge in [0.15, 0.2) is 0 Å². The molecule has 0 spiro atoms. The topological polar surface area (TPSA) is 37.8 Å². The maximum absolute atomic E-state index is 13.1. The van der Waals surface area contributed by atoms with E-state index in [0.29, 0.717) is 6.54 Å². The van der Waals surface area contributed by atoms with Crippen LogP contribution >= 0.6 is 15.9 Å². The molecule has 0 radical (unpaired) electrons. The highest BCUT2D eigenvalue weighted by Crippen LogP contribution is 2.22. The zero-order chi connectivity index (χ0) is 14.8. The van der Waals surface area contributed by atoms with Crippen LogP contribution in [0.5, 0.6) is 0 Å². The lowest BCUT2D eigenvalue weighted by molar-refractivity contribution is 0.544. The summed E-state index contributed by atoms with van der Waals surface area (Å²) in [5.74, 6) is 1.25. The van der Waals surface area contributed by atoms with Crippen molar-refractivity contribution in [2.24, 2.45) is 0 Å². The van der Waals surface area contributed by atoms with Gasteiger partial charge >= 0.3 is 0 Å². The Morgan fingerprint density at radius 3 is 2.60 bits per heavy atom. The fourth-order valence-corrected chi connectivity index (χ4v) is 2.07. The van der Waals surface area contributed by atoms with Crippen LogP contribution in [0, 0.1) is 5.82 Å². The van der Waals surface area contributed by atoms with Crippen LogP contribution in [-0.2, 0) is 12.0 Å². The average molecular weight is 338 g/mol. The van der Waals surface area contributed by atoms with Gasteiger partial charge in [0, 0.05) is 18.0 Å². The lowest BCUT2D eigenvalue weighted by Gasteiger charge is -2.18. The highest BCUT2D eigenvalue weighted by Gasteiger charge is 2.18. The second-order valence-electron chi connectivity index (χ2n) is 5.63. The SMILES string of the molecule is CC(C)(C)c1nc(Br)cc(NCc2cccc(F)c2)n1. The predicted octanol–water partition coefficient (Wildman–Crippen LogP) is 4.29. The minimum Gasteiger partial charge on any atom is -0.366 e. The number of hydrogen-bond acceptors (Lipinski definition) is 3. The molecule has 20 heavy (non-hydrogen) atoms. The Balaban J connectivity index is 2.16. The van der Waals surface area contributed by atoms with Gasteiger partial charge in [-0.1, -0.05) is 32.9 Å². The highest BCUT2D eigenvalue weighted by atomic mass is 79.9. The smallest absolute Gasteiger partial charge is 0.137 e. The Morgan fingerprint density at radius 2 is 1.95 bits per heavy atom. The molecule has 2 aromatic rings. The van der Waals surface area contributed by atoms with E-state index >= 15 is 0 Å². The molecular formula is C15H17BrFN3. The van der Waals surface area contributed by atoms with Crippen molar-refractivity contribution >= 4 is 21.7 Å². The number of hydrogen-bond donors (Lipinski definition) is 1. The standard InChI is InChI=1S/C15H17BrFN3/c1-15(2,3)14-19-12(16)8-13(20-14)18-9-10-5-4-6-11(17)7-10/h4-8H,9H2,1-3H3,(H,18,19,20). The molecule has 0 aliphatic rings. The highest BCUT2D eigenvalue weighted by molar-refractivity contribution is 9.10. The van der Waals surface area contributed by atoms with Crippen molar-refractivity contribution in [2.75, 3.05) is 5.32 Å². The van der Waals surface area contributed by atoms with E-state index in [1.54, 1.807) is 6.07 Å². The van der Waals surface area contributed by atoms with E-state index in [1.165, 1.54) is 12.1 Å². The van der Waals surface area contributed by atoms with E-state index in [0.717, 1.165) is 21.8 Å². The molecule has 1 aromatic carbocycles. The fraction of sp³-hybridized carbons (Fsp3) is 0.333. The van der Waals surface area contributed by atoms with Gasteiger partial charge in [-0.3, -0.25) is 0 Å². The third-order valence-corrected chi connectivity index (χ3v) is 3.13. The zero-order valence-corrected chi connectivity index (χ0v) is 13.3. The molecule has 0 fully saturated rings. The van der Waals surface area contributed by atoms with Crippen molar-refractivity contribution in [3.05, 3.63) is 52.1 Å². The van der Waals surface area contributed by atoms with Gasteiger partial charge in [0.05, 0.1) is 0 Å². The molecule has 3 nitrogen and oxygen atoms in total. The number of anilines is 1. The summed E-state index contributed by atoms with van der Waals surface area (Å²) < 4.78 is 13.9. The molecule has 0 saturated heterocycles. The summed E-state index contributed by atoms with van der Waals surface area (Å²) in [5, 5.41) is 3.19. The molecule has 1 N–H and O–H groups in total. The van der Waals surface area contributed by atoms with Crippen LogP contribution in [0.25, 0.3) is 0 Å². The summed E-state index contributed by atoms with van der Waals surface area (Å²) in [6, 6.07) is 8.32. The Hall–Kier alpha value is -1.49. The summed E-state index contributed by atoms with van der Waals surface area (Å²) >= 11 is 3.39. The van der Waals surface area contributed by atoms with Crippen molar-refractivity contribution in [2.45, 2.75) is 32.7 Å². The molecule has 106 valence electrons. The third-order valence-electron chi connectivity index (χ3n) is 2.73. The first kappa shape index (κ1) is 14.9. The van der Waals surface area contributed by atoms with Gasteiger partial charge < -0.3 is 5.32 Å². The van der Waals surface area contributed by atoms with Crippen LogP contribution in [0.15, 0.2) is 34.9 Å². The minimum atomic E-state index is -0.233. The predicted molar refractivity (Wildman–Crippen MR) is 82.2 cm³/mol. The monoisotopic (exact) mass is 337 g/mol. The van der Waals surface area contributed by atoms with E-state index in [9.17, 15) is 4.39 Å². The van der Waals surface area contributed by atoms with Crippen molar-refractivity contribution < 1.29 is 4.39 Å². The molecule has 0 aliphatic heterocycles. The van der Waals surface area contributed by atoms with Gasteiger partial charge in [-0.2, -0.15) is 0 Å². The Kier molecular flexibility index (Phi) is 4.38. The maximum atomic E-state index is 13.1. The normalized spacial score (nSPS) is 11.4. The summed E-state index contributed by atoms with van der Waals surface area (Å²) in [6.07, 6.45) is 0. The summed E-state index contributed by atoms with van der Waals surface area (Å²) in [5.41, 5.74) is 0.746. The Morgan fingerprint density at radius 1 is 1.20 bits per heavy atom. The van der Waals surface area contributed by atoms with Gasteiger partial charge in [-0.25, -0.2) is 14.4 Å². The molecule has 2 rings (SSSR count). The van der Waals surface area contributed by atoms with Crippen LogP contribution in [0.1, 0.15) is 32.2 Å². The van der Waals surface area contributed by atoms with Gasteiger partial charge in [-0.05, 0) is 33.6 Å². The maximum Gasteiger partial charge on any atom is 0.137 e. The molecule has 1 aromatic heterocycles. The van der Waals surface area contributed by atoms with E-state index in [1.807, 2.05) is 12.1 Å². The first-order valence-corrected chi connectivity index (χ1v) is 7.17. The van der Waals surface area contributed by atoms with Gasteiger partial charge in [0.25, 0.3) is 0 Å². The van der Waals surface area contributed by atoms with Crippen LogP contribution < -0.4 is 5.32 Å². The van der Waals surface area contributed by atoms with E-state index in [2.05, 4.69) is 52.0 Å². The Bertz CT molecular complexity index is 608. The van der Waals surface area contributed by atoms with Crippen LogP contribution in [0.2, 0.25) is 0 Å². The number of nitrogens with zero attached hydrogens (tertiary/aromatic N) is 2. The summed E-state index contributed by atoms with van der Waals surface area (Å²) in [4.78, 5) is 8.88. The van der Waals surface area contributed by atoms with Crippen molar-refractivity contribution in [1.82, 2.24) is 9.97 Å². The summed E-state index contributed by atoms with van der Waals surface area (Å²) in [7, 11) is 0. The lowest BCUT2D eigenvalue weighted by Crippen LogP contribution is -2.17. The van der Waals surface area contributed by atoms with E-state index in [-0.39, 0.29) is 11.2 Å². The molecule has 0 bridgehead atoms. The van der Waals surface area contributed by atoms with E-state index < -0.39 is 0 Å². The van der Waals surface area contributed by atoms with Gasteiger partial charge in [0.2, 0.25) is 0 Å². The average Bonchev–Trinajstić information content (AvgIpc) is 2.35. The van der Waals surface area contributed by atoms with E-state index in [4.69, 9.17) is 0 Å². The van der Waals surface area contributed by atoms with Crippen LogP contribution in [-0.4, -0.2) is 9.97 Å². The van der Waals surface area contributed by atoms with Crippen LogP contribution in [0.3, 0.4) is 0 Å². The molecule has 0 saturated carbocycles. The number of rotatable bonds is 3. The Labute approximate surface area is 126 Å². The molecule has 0 unspecified atom stereocenters. The second-order valence-corrected chi connectivity index (χ2v) is 6.45. The van der Waals surface area contributed by atoms with Gasteiger partial charge in [-0.15, -0.1) is 0 Å². The fourth-order valence-electron chi connectivity index (χ4n) is 1.68.